The first-order chi connectivity index (χ1) is 11.2. The predicted molar refractivity (Wildman–Crippen MR) is 85.8 cm³/mol. The van der Waals surface area contributed by atoms with Crippen molar-refractivity contribution in [1.29, 1.82) is 0 Å². The largest absolute Gasteiger partial charge is 0.330 e. The zero-order valence-corrected chi connectivity index (χ0v) is 13.4. The van der Waals surface area contributed by atoms with Gasteiger partial charge in [0.05, 0.1) is 18.4 Å². The highest BCUT2D eigenvalue weighted by Gasteiger charge is 2.35. The number of rotatable bonds is 3. The highest BCUT2D eigenvalue weighted by atomic mass is 16.2. The smallest absolute Gasteiger partial charge is 0.315 e. The Balaban J connectivity index is 1.36. The quantitative estimate of drug-likeness (QED) is 0.870. The molecular weight excluding hydrogens is 290 g/mol. The van der Waals surface area contributed by atoms with Gasteiger partial charge in [-0.05, 0) is 31.4 Å². The van der Waals surface area contributed by atoms with Crippen LogP contribution in [0.15, 0.2) is 30.7 Å². The summed E-state index contributed by atoms with van der Waals surface area (Å²) in [5.41, 5.74) is 2.27. The lowest BCUT2D eigenvalue weighted by atomic mass is 10.0. The van der Waals surface area contributed by atoms with Gasteiger partial charge in [0, 0.05) is 38.1 Å². The molecule has 0 radical (unpaired) electrons. The van der Waals surface area contributed by atoms with Crippen LogP contribution in [0.25, 0.3) is 0 Å². The highest BCUT2D eigenvalue weighted by Crippen LogP contribution is 2.26. The molecule has 2 aromatic heterocycles. The maximum Gasteiger partial charge on any atom is 0.330 e. The number of nitrogens with zero attached hydrogens (tertiary/aromatic N) is 5. The van der Waals surface area contributed by atoms with Crippen molar-refractivity contribution in [2.24, 2.45) is 0 Å². The molecule has 0 spiro atoms. The molecule has 4 heterocycles. The fraction of sp³-hybridized carbons (Fsp3) is 0.471. The van der Waals surface area contributed by atoms with Crippen molar-refractivity contribution < 1.29 is 4.79 Å². The molecule has 0 unspecified atom stereocenters. The normalized spacial score (nSPS) is 19.3. The van der Waals surface area contributed by atoms with E-state index >= 15 is 0 Å². The van der Waals surface area contributed by atoms with E-state index in [9.17, 15) is 4.79 Å². The zero-order valence-electron chi connectivity index (χ0n) is 13.4. The molecule has 0 bridgehead atoms. The van der Waals surface area contributed by atoms with Crippen molar-refractivity contribution in [3.8, 4) is 0 Å². The summed E-state index contributed by atoms with van der Waals surface area (Å²) >= 11 is 0. The van der Waals surface area contributed by atoms with Crippen molar-refractivity contribution in [2.45, 2.75) is 38.9 Å². The third-order valence-electron chi connectivity index (χ3n) is 4.91. The van der Waals surface area contributed by atoms with E-state index in [1.807, 2.05) is 30.3 Å². The van der Waals surface area contributed by atoms with E-state index in [4.69, 9.17) is 0 Å². The van der Waals surface area contributed by atoms with Gasteiger partial charge in [-0.3, -0.25) is 14.5 Å². The molecule has 6 nitrogen and oxygen atoms in total. The van der Waals surface area contributed by atoms with Crippen molar-refractivity contribution in [2.75, 3.05) is 13.1 Å². The minimum Gasteiger partial charge on any atom is -0.315 e. The van der Waals surface area contributed by atoms with Crippen molar-refractivity contribution >= 4 is 6.03 Å². The summed E-state index contributed by atoms with van der Waals surface area (Å²) in [6.07, 6.45) is 7.62. The van der Waals surface area contributed by atoms with Gasteiger partial charge in [0.25, 0.3) is 0 Å². The van der Waals surface area contributed by atoms with Crippen LogP contribution in [-0.4, -0.2) is 49.5 Å². The molecule has 2 aromatic rings. The van der Waals surface area contributed by atoms with Crippen LogP contribution < -0.4 is 0 Å². The maximum absolute atomic E-state index is 12.6. The molecule has 1 saturated heterocycles. The lowest BCUT2D eigenvalue weighted by molar-refractivity contribution is 0.123. The van der Waals surface area contributed by atoms with E-state index in [-0.39, 0.29) is 6.03 Å². The maximum atomic E-state index is 12.6. The number of hydrogen-bond acceptors (Lipinski definition) is 4. The van der Waals surface area contributed by atoms with Crippen LogP contribution in [-0.2, 0) is 13.1 Å². The molecule has 2 aliphatic heterocycles. The molecule has 120 valence electrons. The number of pyridine rings is 1. The predicted octanol–water partition coefficient (Wildman–Crippen LogP) is 2.03. The number of amides is 1. The molecule has 0 atom stereocenters. The van der Waals surface area contributed by atoms with Gasteiger partial charge in [-0.15, -0.1) is 0 Å². The van der Waals surface area contributed by atoms with Gasteiger partial charge in [-0.25, -0.2) is 9.78 Å². The van der Waals surface area contributed by atoms with E-state index < -0.39 is 0 Å². The Bertz CT molecular complexity index is 703. The number of aromatic nitrogens is 3. The van der Waals surface area contributed by atoms with Gasteiger partial charge in [-0.2, -0.15) is 0 Å². The van der Waals surface area contributed by atoms with Crippen molar-refractivity contribution in [1.82, 2.24) is 24.3 Å². The average Bonchev–Trinajstić information content (AvgIpc) is 3.10. The molecule has 6 heteroatoms. The number of carbonyl (C=O) groups excluding carboxylic acids is 1. The van der Waals surface area contributed by atoms with Gasteiger partial charge >= 0.3 is 6.03 Å². The second-order valence-electron chi connectivity index (χ2n) is 6.41. The third-order valence-corrected chi connectivity index (χ3v) is 4.91. The lowest BCUT2D eigenvalue weighted by Crippen LogP contribution is -2.45. The standard InChI is InChI=1S/C17H21N5O/c1-13-19-10-16-12-21(17(23)22(13)16)15-4-7-20(8-5-15)11-14-3-2-6-18-9-14/h2-3,6,9-10,15H,4-5,7-8,11-12H2,1H3. The summed E-state index contributed by atoms with van der Waals surface area (Å²) in [7, 11) is 0. The first kappa shape index (κ1) is 14.4. The lowest BCUT2D eigenvalue weighted by Gasteiger charge is -2.36. The number of imidazole rings is 1. The average molecular weight is 311 g/mol. The van der Waals surface area contributed by atoms with Crippen LogP contribution in [0.2, 0.25) is 0 Å². The van der Waals surface area contributed by atoms with E-state index in [0.717, 1.165) is 44.0 Å². The molecule has 0 aromatic carbocycles. The molecule has 23 heavy (non-hydrogen) atoms. The fourth-order valence-electron chi connectivity index (χ4n) is 3.66. The molecule has 0 saturated carbocycles. The van der Waals surface area contributed by atoms with Crippen LogP contribution in [0.5, 0.6) is 0 Å². The van der Waals surface area contributed by atoms with E-state index in [1.54, 1.807) is 10.8 Å². The molecule has 1 fully saturated rings. The minimum atomic E-state index is 0.0979. The number of likely N-dealkylation sites (tertiary alicyclic amines) is 1. The Hall–Kier alpha value is -2.21. The summed E-state index contributed by atoms with van der Waals surface area (Å²) in [5, 5.41) is 0. The SMILES string of the molecule is Cc1ncc2n1C(=O)N(C1CCN(Cc3cccnc3)CC1)C2. The van der Waals surface area contributed by atoms with Gasteiger partial charge in [-0.1, -0.05) is 6.07 Å². The molecule has 0 aliphatic carbocycles. The number of hydrogen-bond donors (Lipinski definition) is 0. The van der Waals surface area contributed by atoms with Crippen LogP contribution in [0.4, 0.5) is 4.79 Å². The van der Waals surface area contributed by atoms with E-state index in [1.165, 1.54) is 5.56 Å². The molecule has 1 amide bonds. The van der Waals surface area contributed by atoms with Gasteiger partial charge in [0.2, 0.25) is 0 Å². The van der Waals surface area contributed by atoms with Crippen LogP contribution >= 0.6 is 0 Å². The topological polar surface area (TPSA) is 54.3 Å². The Morgan fingerprint density at radius 1 is 1.26 bits per heavy atom. The number of aryl methyl sites for hydroxylation is 1. The third kappa shape index (κ3) is 2.63. The Labute approximate surface area is 135 Å². The van der Waals surface area contributed by atoms with Crippen molar-refractivity contribution in [3.05, 3.63) is 47.8 Å². The fourth-order valence-corrected chi connectivity index (χ4v) is 3.66. The summed E-state index contributed by atoms with van der Waals surface area (Å²) < 4.78 is 1.75. The zero-order chi connectivity index (χ0) is 15.8. The Kier molecular flexibility index (Phi) is 3.61. The summed E-state index contributed by atoms with van der Waals surface area (Å²) in [6.45, 7) is 5.58. The van der Waals surface area contributed by atoms with Gasteiger partial charge < -0.3 is 4.90 Å². The Morgan fingerprint density at radius 3 is 2.78 bits per heavy atom. The van der Waals surface area contributed by atoms with E-state index in [0.29, 0.717) is 12.6 Å². The number of carbonyl (C=O) groups is 1. The number of piperidine rings is 1. The first-order valence-corrected chi connectivity index (χ1v) is 8.18. The molecule has 4 rings (SSSR count). The summed E-state index contributed by atoms with van der Waals surface area (Å²) in [4.78, 5) is 25.4. The Morgan fingerprint density at radius 2 is 2.09 bits per heavy atom. The second kappa shape index (κ2) is 5.77. The van der Waals surface area contributed by atoms with Gasteiger partial charge in [0.15, 0.2) is 0 Å². The molecule has 0 N–H and O–H groups in total. The second-order valence-corrected chi connectivity index (χ2v) is 6.41. The molecule has 2 aliphatic rings. The molecular formula is C17H21N5O. The first-order valence-electron chi connectivity index (χ1n) is 8.18. The highest BCUT2D eigenvalue weighted by molar-refractivity contribution is 5.81. The van der Waals surface area contributed by atoms with Crippen LogP contribution in [0, 0.1) is 6.92 Å². The summed E-state index contributed by atoms with van der Waals surface area (Å²) in [6, 6.07) is 4.54. The van der Waals surface area contributed by atoms with E-state index in [2.05, 4.69) is 20.9 Å². The van der Waals surface area contributed by atoms with Crippen LogP contribution in [0.3, 0.4) is 0 Å². The van der Waals surface area contributed by atoms with Gasteiger partial charge in [0.1, 0.15) is 5.82 Å². The minimum absolute atomic E-state index is 0.0979. The monoisotopic (exact) mass is 311 g/mol. The van der Waals surface area contributed by atoms with Crippen molar-refractivity contribution in [3.63, 3.8) is 0 Å². The summed E-state index contributed by atoms with van der Waals surface area (Å²) in [5.74, 6) is 0.793. The number of fused-ring (bicyclic) bond motifs is 1. The van der Waals surface area contributed by atoms with Crippen LogP contribution in [0.1, 0.15) is 29.9 Å².